The monoisotopic (exact) mass is 543 g/mol. The predicted octanol–water partition coefficient (Wildman–Crippen LogP) is 5.94. The van der Waals surface area contributed by atoms with Crippen LogP contribution in [-0.4, -0.2) is 41.6 Å². The Morgan fingerprint density at radius 1 is 1.21 bits per heavy atom. The lowest BCUT2D eigenvalue weighted by Gasteiger charge is -2.23. The average Bonchev–Trinajstić information content (AvgIpc) is 3.34. The van der Waals surface area contributed by atoms with E-state index in [2.05, 4.69) is 26.1 Å². The van der Waals surface area contributed by atoms with Gasteiger partial charge in [0.2, 0.25) is 0 Å². The molecule has 2 heterocycles. The summed E-state index contributed by atoms with van der Waals surface area (Å²) in [7, 11) is 0. The molecule has 0 aliphatic carbocycles. The summed E-state index contributed by atoms with van der Waals surface area (Å²) in [5, 5.41) is 13.6. The molecule has 8 heteroatoms. The van der Waals surface area contributed by atoms with Crippen molar-refractivity contribution in [2.75, 3.05) is 24.5 Å². The molecule has 1 aliphatic heterocycles. The highest BCUT2D eigenvalue weighted by atomic mass is 79.9. The number of carboxylic acids is 1. The van der Waals surface area contributed by atoms with Gasteiger partial charge in [-0.2, -0.15) is 0 Å². The molecule has 0 saturated carbocycles. The number of pyridine rings is 1. The molecule has 0 bridgehead atoms. The molecule has 4 rings (SSSR count). The van der Waals surface area contributed by atoms with Crippen molar-refractivity contribution in [1.29, 1.82) is 0 Å². The molecule has 3 aromatic rings. The standard InChI is InChI=1S/C26H27BrClN3O3/c1-16-24(20-14-18(27)9-10-22(20)30-25(16)31-12-4-5-13-31)26(34)29-15-17(8-11-23(32)33)19-6-2-3-7-21(19)28/h2-3,6-7,9-10,14,17H,4-5,8,11-13,15H2,1H3,(H,29,34)(H,32,33)/t17-/m0/s1. The van der Waals surface area contributed by atoms with Gasteiger partial charge >= 0.3 is 5.97 Å². The number of halogens is 2. The number of carboxylic acid groups (broad SMARTS) is 1. The molecule has 6 nitrogen and oxygen atoms in total. The topological polar surface area (TPSA) is 82.5 Å². The number of hydrogen-bond acceptors (Lipinski definition) is 4. The molecule has 0 spiro atoms. The number of benzene rings is 2. The van der Waals surface area contributed by atoms with Gasteiger partial charge in [0, 0.05) is 52.4 Å². The summed E-state index contributed by atoms with van der Waals surface area (Å²) in [6, 6.07) is 13.2. The Kier molecular flexibility index (Phi) is 7.73. The number of carbonyl (C=O) groups excluding carboxylic acids is 1. The second-order valence-corrected chi connectivity index (χ2v) is 9.97. The Morgan fingerprint density at radius 3 is 2.65 bits per heavy atom. The van der Waals surface area contributed by atoms with Gasteiger partial charge in [-0.1, -0.05) is 45.7 Å². The highest BCUT2D eigenvalue weighted by Crippen LogP contribution is 2.32. The molecule has 1 amide bonds. The van der Waals surface area contributed by atoms with Crippen molar-refractivity contribution in [3.8, 4) is 0 Å². The zero-order valence-electron chi connectivity index (χ0n) is 19.0. The third-order valence-corrected chi connectivity index (χ3v) is 7.20. The lowest BCUT2D eigenvalue weighted by atomic mass is 9.93. The van der Waals surface area contributed by atoms with Crippen LogP contribution in [0, 0.1) is 6.92 Å². The number of aliphatic carboxylic acids is 1. The number of hydrogen-bond donors (Lipinski definition) is 2. The Labute approximate surface area is 212 Å². The molecule has 1 fully saturated rings. The lowest BCUT2D eigenvalue weighted by Crippen LogP contribution is -2.30. The number of anilines is 1. The Morgan fingerprint density at radius 2 is 1.94 bits per heavy atom. The summed E-state index contributed by atoms with van der Waals surface area (Å²) in [5.74, 6) is -0.437. The number of rotatable bonds is 8. The molecule has 1 aromatic heterocycles. The highest BCUT2D eigenvalue weighted by Gasteiger charge is 2.24. The smallest absolute Gasteiger partial charge is 0.303 e. The van der Waals surface area contributed by atoms with E-state index in [0.717, 1.165) is 58.3 Å². The minimum absolute atomic E-state index is 0.00493. The summed E-state index contributed by atoms with van der Waals surface area (Å²) < 4.78 is 0.875. The van der Waals surface area contributed by atoms with Crippen molar-refractivity contribution in [1.82, 2.24) is 10.3 Å². The van der Waals surface area contributed by atoms with E-state index in [4.69, 9.17) is 16.6 Å². The van der Waals surface area contributed by atoms with Crippen LogP contribution < -0.4 is 10.2 Å². The third kappa shape index (κ3) is 5.36. The van der Waals surface area contributed by atoms with Gasteiger partial charge in [-0.3, -0.25) is 9.59 Å². The summed E-state index contributed by atoms with van der Waals surface area (Å²) in [6.45, 7) is 4.10. The van der Waals surface area contributed by atoms with Gasteiger partial charge in [0.25, 0.3) is 5.91 Å². The van der Waals surface area contributed by atoms with Crippen LogP contribution in [0.15, 0.2) is 46.9 Å². The van der Waals surface area contributed by atoms with Gasteiger partial charge in [0.1, 0.15) is 5.82 Å². The van der Waals surface area contributed by atoms with Crippen LogP contribution in [0.5, 0.6) is 0 Å². The largest absolute Gasteiger partial charge is 0.481 e. The Bertz CT molecular complexity index is 1230. The summed E-state index contributed by atoms with van der Waals surface area (Å²) in [4.78, 5) is 32.0. The van der Waals surface area contributed by atoms with Crippen molar-refractivity contribution in [2.24, 2.45) is 0 Å². The van der Waals surface area contributed by atoms with Gasteiger partial charge in [0.05, 0.1) is 11.1 Å². The zero-order chi connectivity index (χ0) is 24.2. The van der Waals surface area contributed by atoms with Crippen LogP contribution in [0.25, 0.3) is 10.9 Å². The van der Waals surface area contributed by atoms with Gasteiger partial charge in [-0.25, -0.2) is 4.98 Å². The maximum absolute atomic E-state index is 13.6. The van der Waals surface area contributed by atoms with Crippen molar-refractivity contribution in [3.63, 3.8) is 0 Å². The minimum Gasteiger partial charge on any atom is -0.481 e. The first-order valence-corrected chi connectivity index (χ1v) is 12.6. The molecule has 2 aromatic carbocycles. The Balaban J connectivity index is 1.67. The van der Waals surface area contributed by atoms with Gasteiger partial charge in [-0.15, -0.1) is 0 Å². The molecule has 178 valence electrons. The van der Waals surface area contributed by atoms with Crippen LogP contribution in [0.2, 0.25) is 5.02 Å². The van der Waals surface area contributed by atoms with Crippen LogP contribution in [0.4, 0.5) is 5.82 Å². The second kappa shape index (κ2) is 10.7. The van der Waals surface area contributed by atoms with Crippen LogP contribution >= 0.6 is 27.5 Å². The van der Waals surface area contributed by atoms with E-state index in [0.29, 0.717) is 17.0 Å². The van der Waals surface area contributed by atoms with Crippen molar-refractivity contribution >= 4 is 56.1 Å². The number of carbonyl (C=O) groups is 2. The molecule has 0 radical (unpaired) electrons. The first-order chi connectivity index (χ1) is 16.3. The van der Waals surface area contributed by atoms with E-state index in [1.165, 1.54) is 0 Å². The van der Waals surface area contributed by atoms with E-state index in [-0.39, 0.29) is 24.8 Å². The maximum atomic E-state index is 13.6. The second-order valence-electron chi connectivity index (χ2n) is 8.65. The molecule has 1 aliphatic rings. The fourth-order valence-corrected chi connectivity index (χ4v) is 5.27. The van der Waals surface area contributed by atoms with E-state index in [1.54, 1.807) is 6.07 Å². The summed E-state index contributed by atoms with van der Waals surface area (Å²) in [5.41, 5.74) is 3.06. The molecule has 0 unspecified atom stereocenters. The van der Waals surface area contributed by atoms with Crippen LogP contribution in [0.1, 0.15) is 53.1 Å². The molecule has 1 saturated heterocycles. The number of amides is 1. The van der Waals surface area contributed by atoms with Crippen LogP contribution in [0.3, 0.4) is 0 Å². The number of aromatic nitrogens is 1. The molecule has 34 heavy (non-hydrogen) atoms. The SMILES string of the molecule is Cc1c(N2CCCC2)nc2ccc(Br)cc2c1C(=O)NC[C@H](CCC(=O)O)c1ccccc1Cl. The van der Waals surface area contributed by atoms with Gasteiger partial charge < -0.3 is 15.3 Å². The van der Waals surface area contributed by atoms with Crippen molar-refractivity contribution in [3.05, 3.63) is 68.7 Å². The third-order valence-electron chi connectivity index (χ3n) is 6.36. The number of fused-ring (bicyclic) bond motifs is 1. The minimum atomic E-state index is -0.876. The predicted molar refractivity (Wildman–Crippen MR) is 139 cm³/mol. The van der Waals surface area contributed by atoms with Gasteiger partial charge in [0.15, 0.2) is 0 Å². The molecule has 1 atom stereocenters. The van der Waals surface area contributed by atoms with Crippen LogP contribution in [-0.2, 0) is 4.79 Å². The lowest BCUT2D eigenvalue weighted by molar-refractivity contribution is -0.137. The maximum Gasteiger partial charge on any atom is 0.303 e. The number of nitrogens with zero attached hydrogens (tertiary/aromatic N) is 2. The molecular formula is C26H27BrClN3O3. The van der Waals surface area contributed by atoms with E-state index in [1.807, 2.05) is 43.3 Å². The first-order valence-electron chi connectivity index (χ1n) is 11.4. The average molecular weight is 545 g/mol. The fourth-order valence-electron chi connectivity index (χ4n) is 4.62. The van der Waals surface area contributed by atoms with E-state index >= 15 is 0 Å². The van der Waals surface area contributed by atoms with Crippen molar-refractivity contribution in [2.45, 2.75) is 38.5 Å². The highest BCUT2D eigenvalue weighted by molar-refractivity contribution is 9.10. The summed E-state index contributed by atoms with van der Waals surface area (Å²) in [6.07, 6.45) is 2.60. The summed E-state index contributed by atoms with van der Waals surface area (Å²) >= 11 is 9.92. The Hall–Kier alpha value is -2.64. The fraction of sp³-hybridized carbons (Fsp3) is 0.346. The molecule has 2 N–H and O–H groups in total. The quantitative estimate of drug-likeness (QED) is 0.367. The van der Waals surface area contributed by atoms with E-state index in [9.17, 15) is 14.7 Å². The van der Waals surface area contributed by atoms with Crippen molar-refractivity contribution < 1.29 is 14.7 Å². The zero-order valence-corrected chi connectivity index (χ0v) is 21.3. The normalized spacial score (nSPS) is 14.4. The van der Waals surface area contributed by atoms with E-state index < -0.39 is 5.97 Å². The van der Waals surface area contributed by atoms with Gasteiger partial charge in [-0.05, 0) is 56.0 Å². The number of nitrogens with one attached hydrogen (secondary N) is 1. The first kappa shape index (κ1) is 24.5. The molecular weight excluding hydrogens is 518 g/mol.